The lowest BCUT2D eigenvalue weighted by atomic mass is 10.3. The fourth-order valence-corrected chi connectivity index (χ4v) is 2.18. The highest BCUT2D eigenvalue weighted by Crippen LogP contribution is 2.22. The quantitative estimate of drug-likeness (QED) is 0.618. The maximum absolute atomic E-state index is 10.8. The molecule has 1 heterocycles. The molecule has 0 atom stereocenters. The molecular weight excluding hydrogens is 254 g/mol. The molecule has 0 unspecified atom stereocenters. The molecule has 1 aromatic heterocycles. The third-order valence-electron chi connectivity index (χ3n) is 2.51. The average Bonchev–Trinajstić information content (AvgIpc) is 2.50. The van der Waals surface area contributed by atoms with Crippen molar-refractivity contribution in [2.24, 2.45) is 5.14 Å². The van der Waals surface area contributed by atoms with Crippen LogP contribution in [0.3, 0.4) is 0 Å². The Kier molecular flexibility index (Phi) is 4.97. The van der Waals surface area contributed by atoms with Gasteiger partial charge in [0, 0.05) is 13.1 Å². The number of hydrogen-bond donors (Lipinski definition) is 3. The first-order valence-corrected chi connectivity index (χ1v) is 7.64. The number of nitrogens with one attached hydrogen (secondary N) is 1. The van der Waals surface area contributed by atoms with Gasteiger partial charge in [-0.15, -0.1) is 0 Å². The van der Waals surface area contributed by atoms with Crippen LogP contribution in [-0.2, 0) is 16.6 Å². The average molecular weight is 275 g/mol. The molecule has 0 radical (unpaired) electrons. The van der Waals surface area contributed by atoms with Crippen LogP contribution in [0.25, 0.3) is 0 Å². The van der Waals surface area contributed by atoms with Crippen molar-refractivity contribution in [1.82, 2.24) is 9.78 Å². The van der Waals surface area contributed by atoms with E-state index < -0.39 is 10.0 Å². The summed E-state index contributed by atoms with van der Waals surface area (Å²) in [7, 11) is -3.40. The molecule has 0 fully saturated rings. The molecule has 1 aromatic rings. The maximum atomic E-state index is 10.8. The Morgan fingerprint density at radius 2 is 2.11 bits per heavy atom. The zero-order chi connectivity index (χ0) is 13.8. The minimum Gasteiger partial charge on any atom is -0.394 e. The number of aryl methyl sites for hydroxylation is 2. The SMILES string of the molecule is CCCn1nc(C)c(N)c1NCCCS(N)(=O)=O. The van der Waals surface area contributed by atoms with E-state index in [2.05, 4.69) is 17.3 Å². The van der Waals surface area contributed by atoms with E-state index in [9.17, 15) is 8.42 Å². The molecule has 0 spiro atoms. The molecule has 0 amide bonds. The summed E-state index contributed by atoms with van der Waals surface area (Å²) >= 11 is 0. The first-order chi connectivity index (χ1) is 8.35. The molecule has 0 saturated heterocycles. The molecule has 5 N–H and O–H groups in total. The van der Waals surface area contributed by atoms with Crippen molar-refractivity contribution in [3.05, 3.63) is 5.69 Å². The molecular formula is C10H21N5O2S. The van der Waals surface area contributed by atoms with Gasteiger partial charge in [0.1, 0.15) is 5.82 Å². The van der Waals surface area contributed by atoms with Gasteiger partial charge in [-0.05, 0) is 19.8 Å². The van der Waals surface area contributed by atoms with E-state index >= 15 is 0 Å². The Morgan fingerprint density at radius 1 is 1.44 bits per heavy atom. The Morgan fingerprint density at radius 3 is 2.67 bits per heavy atom. The Hall–Kier alpha value is -1.28. The number of sulfonamides is 1. The van der Waals surface area contributed by atoms with Gasteiger partial charge in [-0.25, -0.2) is 18.2 Å². The van der Waals surface area contributed by atoms with Crippen molar-refractivity contribution in [2.45, 2.75) is 33.2 Å². The third kappa shape index (κ3) is 4.19. The van der Waals surface area contributed by atoms with Crippen LogP contribution in [0, 0.1) is 6.92 Å². The number of hydrogen-bond acceptors (Lipinski definition) is 5. The molecule has 104 valence electrons. The number of nitrogens with zero attached hydrogens (tertiary/aromatic N) is 2. The summed E-state index contributed by atoms with van der Waals surface area (Å²) in [6, 6.07) is 0. The van der Waals surface area contributed by atoms with Crippen LogP contribution in [0.15, 0.2) is 0 Å². The van der Waals surface area contributed by atoms with Crippen LogP contribution in [0.2, 0.25) is 0 Å². The molecule has 7 nitrogen and oxygen atoms in total. The molecule has 0 aliphatic rings. The monoisotopic (exact) mass is 275 g/mol. The number of aromatic nitrogens is 2. The number of nitrogens with two attached hydrogens (primary N) is 2. The second-order valence-corrected chi connectivity index (χ2v) is 5.95. The van der Waals surface area contributed by atoms with Crippen LogP contribution in [-0.4, -0.2) is 30.5 Å². The van der Waals surface area contributed by atoms with E-state index in [1.54, 1.807) is 0 Å². The van der Waals surface area contributed by atoms with E-state index in [0.717, 1.165) is 24.5 Å². The van der Waals surface area contributed by atoms with Crippen LogP contribution in [0.5, 0.6) is 0 Å². The number of primary sulfonamides is 1. The highest BCUT2D eigenvalue weighted by atomic mass is 32.2. The van der Waals surface area contributed by atoms with Crippen molar-refractivity contribution in [1.29, 1.82) is 0 Å². The van der Waals surface area contributed by atoms with Gasteiger partial charge in [0.05, 0.1) is 17.1 Å². The number of anilines is 2. The molecule has 0 aliphatic carbocycles. The van der Waals surface area contributed by atoms with E-state index in [1.807, 2.05) is 11.6 Å². The summed E-state index contributed by atoms with van der Waals surface area (Å²) in [5.74, 6) is 0.713. The summed E-state index contributed by atoms with van der Waals surface area (Å²) in [5, 5.41) is 12.4. The van der Waals surface area contributed by atoms with Crippen molar-refractivity contribution in [3.8, 4) is 0 Å². The lowest BCUT2D eigenvalue weighted by molar-refractivity contribution is 0.594. The van der Waals surface area contributed by atoms with Crippen LogP contribution < -0.4 is 16.2 Å². The van der Waals surface area contributed by atoms with Gasteiger partial charge in [-0.1, -0.05) is 6.92 Å². The largest absolute Gasteiger partial charge is 0.394 e. The van der Waals surface area contributed by atoms with E-state index in [1.165, 1.54) is 0 Å². The second-order valence-electron chi connectivity index (χ2n) is 4.22. The van der Waals surface area contributed by atoms with Crippen LogP contribution in [0.4, 0.5) is 11.5 Å². The van der Waals surface area contributed by atoms with Gasteiger partial charge < -0.3 is 11.1 Å². The van der Waals surface area contributed by atoms with Gasteiger partial charge in [-0.3, -0.25) is 0 Å². The van der Waals surface area contributed by atoms with Crippen molar-refractivity contribution in [3.63, 3.8) is 0 Å². The predicted octanol–water partition coefficient (Wildman–Crippen LogP) is 0.274. The smallest absolute Gasteiger partial charge is 0.209 e. The van der Waals surface area contributed by atoms with Gasteiger partial charge in [-0.2, -0.15) is 5.10 Å². The zero-order valence-corrected chi connectivity index (χ0v) is 11.6. The normalized spacial score (nSPS) is 11.7. The molecule has 1 rings (SSSR count). The highest BCUT2D eigenvalue weighted by molar-refractivity contribution is 7.89. The zero-order valence-electron chi connectivity index (χ0n) is 10.8. The summed E-state index contributed by atoms with van der Waals surface area (Å²) in [5.41, 5.74) is 7.30. The van der Waals surface area contributed by atoms with Gasteiger partial charge in [0.15, 0.2) is 0 Å². The highest BCUT2D eigenvalue weighted by Gasteiger charge is 2.11. The minimum absolute atomic E-state index is 0.0409. The summed E-state index contributed by atoms with van der Waals surface area (Å²) < 4.78 is 23.4. The molecule has 18 heavy (non-hydrogen) atoms. The predicted molar refractivity (Wildman–Crippen MR) is 72.7 cm³/mol. The lowest BCUT2D eigenvalue weighted by Crippen LogP contribution is -2.19. The van der Waals surface area contributed by atoms with Crippen molar-refractivity contribution >= 4 is 21.5 Å². The molecule has 8 heteroatoms. The second kappa shape index (κ2) is 6.05. The number of nitrogen functional groups attached to an aromatic ring is 1. The Balaban J connectivity index is 2.61. The molecule has 0 saturated carbocycles. The topological polar surface area (TPSA) is 116 Å². The van der Waals surface area contributed by atoms with E-state index in [4.69, 9.17) is 10.9 Å². The molecule has 0 aliphatic heterocycles. The lowest BCUT2D eigenvalue weighted by Gasteiger charge is -2.09. The van der Waals surface area contributed by atoms with Crippen molar-refractivity contribution < 1.29 is 8.42 Å². The Bertz CT molecular complexity index is 495. The molecule has 0 aromatic carbocycles. The van der Waals surface area contributed by atoms with Gasteiger partial charge in [0.25, 0.3) is 0 Å². The summed E-state index contributed by atoms with van der Waals surface area (Å²) in [6.45, 7) is 5.17. The first-order valence-electron chi connectivity index (χ1n) is 5.92. The van der Waals surface area contributed by atoms with Crippen LogP contribution in [0.1, 0.15) is 25.5 Å². The Labute approximate surface area is 108 Å². The fourth-order valence-electron chi connectivity index (χ4n) is 1.64. The standard InChI is InChI=1S/C10H21N5O2S/c1-3-6-15-10(9(11)8(2)14-15)13-5-4-7-18(12,16)17/h13H,3-7,11H2,1-2H3,(H2,12,16,17). The molecule has 0 bridgehead atoms. The minimum atomic E-state index is -3.40. The first kappa shape index (κ1) is 14.8. The summed E-state index contributed by atoms with van der Waals surface area (Å²) in [4.78, 5) is 0. The third-order valence-corrected chi connectivity index (χ3v) is 3.36. The summed E-state index contributed by atoms with van der Waals surface area (Å²) in [6.07, 6.45) is 1.39. The van der Waals surface area contributed by atoms with Crippen LogP contribution >= 0.6 is 0 Å². The fraction of sp³-hybridized carbons (Fsp3) is 0.700. The van der Waals surface area contributed by atoms with Gasteiger partial charge in [0.2, 0.25) is 10.0 Å². The van der Waals surface area contributed by atoms with Gasteiger partial charge >= 0.3 is 0 Å². The van der Waals surface area contributed by atoms with E-state index in [0.29, 0.717) is 18.7 Å². The number of rotatable bonds is 7. The maximum Gasteiger partial charge on any atom is 0.209 e. The van der Waals surface area contributed by atoms with E-state index in [-0.39, 0.29) is 5.75 Å². The van der Waals surface area contributed by atoms with Crippen molar-refractivity contribution in [2.75, 3.05) is 23.3 Å².